The number of nitrogens with zero attached hydrogens (tertiary/aromatic N) is 2. The molecule has 10 nitrogen and oxygen atoms in total. The molecule has 3 aromatic carbocycles. The lowest BCUT2D eigenvalue weighted by molar-refractivity contribution is -0.384. The summed E-state index contributed by atoms with van der Waals surface area (Å²) < 4.78 is 0. The topological polar surface area (TPSA) is 153 Å². The van der Waals surface area contributed by atoms with E-state index in [-0.39, 0.29) is 34.5 Å². The maximum absolute atomic E-state index is 13.4. The van der Waals surface area contributed by atoms with Crippen molar-refractivity contribution in [3.05, 3.63) is 105 Å². The Morgan fingerprint density at radius 1 is 0.912 bits per heavy atom. The van der Waals surface area contributed by atoms with Gasteiger partial charge in [-0.3, -0.25) is 34.2 Å². The first-order valence-electron chi connectivity index (χ1n) is 10.2. The first kappa shape index (κ1) is 22.3. The van der Waals surface area contributed by atoms with Crippen LogP contribution in [0.1, 0.15) is 36.6 Å². The van der Waals surface area contributed by atoms with Crippen molar-refractivity contribution in [2.24, 2.45) is 5.73 Å². The van der Waals surface area contributed by atoms with Crippen LogP contribution in [0, 0.1) is 10.1 Å². The molecule has 0 aromatic heterocycles. The van der Waals surface area contributed by atoms with E-state index in [9.17, 15) is 29.3 Å². The highest BCUT2D eigenvalue weighted by Crippen LogP contribution is 2.27. The van der Waals surface area contributed by atoms with E-state index in [1.807, 2.05) is 0 Å². The standard InChI is InChI=1S/C24H18N4O6/c25-21(29)18-7-3-4-8-19(18)26-22(30)20(13-14-9-11-15(12-10-14)28(33)34)27-23(31)16-5-1-2-6-17(16)24(27)32/h1-12,20H,13H2,(H2,25,29)(H,26,30). The van der Waals surface area contributed by atoms with Crippen LogP contribution in [0.25, 0.3) is 0 Å². The number of para-hydroxylation sites is 1. The molecule has 0 aliphatic carbocycles. The van der Waals surface area contributed by atoms with Crippen molar-refractivity contribution in [2.75, 3.05) is 5.32 Å². The normalized spacial score (nSPS) is 13.4. The van der Waals surface area contributed by atoms with Crippen LogP contribution in [-0.2, 0) is 11.2 Å². The SMILES string of the molecule is NC(=O)c1ccccc1NC(=O)C(Cc1ccc([N+](=O)[O-])cc1)N1C(=O)c2ccccc2C1=O. The number of primary amides is 1. The average molecular weight is 458 g/mol. The number of nitrogens with two attached hydrogens (primary N) is 1. The van der Waals surface area contributed by atoms with E-state index in [4.69, 9.17) is 5.73 Å². The molecule has 3 aromatic rings. The first-order chi connectivity index (χ1) is 16.3. The molecule has 0 saturated heterocycles. The molecular weight excluding hydrogens is 440 g/mol. The van der Waals surface area contributed by atoms with Gasteiger partial charge in [0, 0.05) is 18.6 Å². The second-order valence-electron chi connectivity index (χ2n) is 7.57. The Morgan fingerprint density at radius 2 is 1.47 bits per heavy atom. The summed E-state index contributed by atoms with van der Waals surface area (Å²) in [6, 6.07) is 16.5. The molecule has 1 heterocycles. The van der Waals surface area contributed by atoms with E-state index in [1.165, 1.54) is 48.5 Å². The smallest absolute Gasteiger partial charge is 0.269 e. The highest BCUT2D eigenvalue weighted by Gasteiger charge is 2.42. The molecule has 3 N–H and O–H groups in total. The van der Waals surface area contributed by atoms with Crippen LogP contribution in [0.15, 0.2) is 72.8 Å². The van der Waals surface area contributed by atoms with Gasteiger partial charge in [0.05, 0.1) is 27.3 Å². The fraction of sp³-hybridized carbons (Fsp3) is 0.0833. The number of hydrogen-bond donors (Lipinski definition) is 2. The molecule has 1 aliphatic rings. The summed E-state index contributed by atoms with van der Waals surface area (Å²) in [5, 5.41) is 13.6. The van der Waals surface area contributed by atoms with E-state index in [2.05, 4.69) is 5.32 Å². The molecule has 1 aliphatic heterocycles. The third-order valence-electron chi connectivity index (χ3n) is 5.47. The number of rotatable bonds is 7. The maximum atomic E-state index is 13.4. The summed E-state index contributed by atoms with van der Waals surface area (Å²) in [6.07, 6.45) is -0.103. The van der Waals surface area contributed by atoms with Crippen LogP contribution in [0.4, 0.5) is 11.4 Å². The Bertz CT molecular complexity index is 1300. The number of non-ortho nitro benzene ring substituents is 1. The quantitative estimate of drug-likeness (QED) is 0.315. The van der Waals surface area contributed by atoms with Gasteiger partial charge in [-0.1, -0.05) is 36.4 Å². The number of nitrogens with one attached hydrogen (secondary N) is 1. The zero-order valence-corrected chi connectivity index (χ0v) is 17.6. The van der Waals surface area contributed by atoms with E-state index in [0.29, 0.717) is 5.56 Å². The van der Waals surface area contributed by atoms with Gasteiger partial charge in [0.2, 0.25) is 5.91 Å². The highest BCUT2D eigenvalue weighted by atomic mass is 16.6. The molecule has 0 spiro atoms. The van der Waals surface area contributed by atoms with Crippen molar-refractivity contribution in [2.45, 2.75) is 12.5 Å². The summed E-state index contributed by atoms with van der Waals surface area (Å²) in [4.78, 5) is 62.6. The van der Waals surface area contributed by atoms with Gasteiger partial charge in [-0.05, 0) is 29.8 Å². The van der Waals surface area contributed by atoms with Gasteiger partial charge >= 0.3 is 0 Å². The average Bonchev–Trinajstić information content (AvgIpc) is 3.08. The van der Waals surface area contributed by atoms with Crippen molar-refractivity contribution >= 4 is 35.0 Å². The molecule has 0 saturated carbocycles. The number of nitro groups is 1. The second kappa shape index (κ2) is 8.94. The first-order valence-corrected chi connectivity index (χ1v) is 10.2. The van der Waals surface area contributed by atoms with Crippen molar-refractivity contribution in [1.29, 1.82) is 0 Å². The zero-order chi connectivity index (χ0) is 24.4. The van der Waals surface area contributed by atoms with Crippen LogP contribution in [0.3, 0.4) is 0 Å². The number of amides is 4. The van der Waals surface area contributed by atoms with Gasteiger partial charge < -0.3 is 11.1 Å². The van der Waals surface area contributed by atoms with Crippen LogP contribution in [-0.4, -0.2) is 39.5 Å². The molecule has 0 radical (unpaired) electrons. The minimum absolute atomic E-state index is 0.0623. The fourth-order valence-corrected chi connectivity index (χ4v) is 3.79. The predicted octanol–water partition coefficient (Wildman–Crippen LogP) is 2.54. The molecular formula is C24H18N4O6. The monoisotopic (exact) mass is 458 g/mol. The lowest BCUT2D eigenvalue weighted by Gasteiger charge is -2.26. The Labute approximate surface area is 193 Å². The third kappa shape index (κ3) is 4.11. The van der Waals surface area contributed by atoms with Gasteiger partial charge in [-0.2, -0.15) is 0 Å². The minimum Gasteiger partial charge on any atom is -0.366 e. The van der Waals surface area contributed by atoms with Crippen LogP contribution >= 0.6 is 0 Å². The number of carbonyl (C=O) groups is 4. The fourth-order valence-electron chi connectivity index (χ4n) is 3.79. The van der Waals surface area contributed by atoms with Crippen molar-refractivity contribution < 1.29 is 24.1 Å². The van der Waals surface area contributed by atoms with Gasteiger partial charge in [0.1, 0.15) is 6.04 Å². The summed E-state index contributed by atoms with van der Waals surface area (Å²) in [5.74, 6) is -2.75. The third-order valence-corrected chi connectivity index (χ3v) is 5.47. The van der Waals surface area contributed by atoms with Gasteiger partial charge in [0.15, 0.2) is 0 Å². The predicted molar refractivity (Wildman–Crippen MR) is 121 cm³/mol. The summed E-state index contributed by atoms with van der Waals surface area (Å²) in [6.45, 7) is 0. The lowest BCUT2D eigenvalue weighted by Crippen LogP contribution is -2.48. The van der Waals surface area contributed by atoms with Crippen molar-refractivity contribution in [1.82, 2.24) is 4.90 Å². The number of carbonyl (C=O) groups excluding carboxylic acids is 4. The molecule has 34 heavy (non-hydrogen) atoms. The Kier molecular flexibility index (Phi) is 5.88. The van der Waals surface area contributed by atoms with E-state index < -0.39 is 34.6 Å². The molecule has 170 valence electrons. The Balaban J connectivity index is 1.70. The Morgan fingerprint density at radius 3 is 2.03 bits per heavy atom. The molecule has 1 atom stereocenters. The van der Waals surface area contributed by atoms with Crippen LogP contribution in [0.5, 0.6) is 0 Å². The maximum Gasteiger partial charge on any atom is 0.269 e. The van der Waals surface area contributed by atoms with Gasteiger partial charge in [-0.15, -0.1) is 0 Å². The summed E-state index contributed by atoms with van der Waals surface area (Å²) >= 11 is 0. The number of nitro benzene ring substituents is 1. The number of imide groups is 1. The van der Waals surface area contributed by atoms with E-state index in [0.717, 1.165) is 4.90 Å². The molecule has 4 amide bonds. The highest BCUT2D eigenvalue weighted by molar-refractivity contribution is 6.23. The number of anilines is 1. The molecule has 10 heteroatoms. The number of fused-ring (bicyclic) bond motifs is 1. The van der Waals surface area contributed by atoms with Crippen LogP contribution in [0.2, 0.25) is 0 Å². The summed E-state index contributed by atoms with van der Waals surface area (Å²) in [5.41, 5.74) is 6.28. The van der Waals surface area contributed by atoms with Crippen LogP contribution < -0.4 is 11.1 Å². The molecule has 0 fully saturated rings. The Hall–Kier alpha value is -4.86. The zero-order valence-electron chi connectivity index (χ0n) is 17.6. The second-order valence-corrected chi connectivity index (χ2v) is 7.57. The lowest BCUT2D eigenvalue weighted by atomic mass is 10.0. The van der Waals surface area contributed by atoms with Crippen molar-refractivity contribution in [3.8, 4) is 0 Å². The van der Waals surface area contributed by atoms with Crippen molar-refractivity contribution in [3.63, 3.8) is 0 Å². The number of hydrogen-bond acceptors (Lipinski definition) is 6. The van der Waals surface area contributed by atoms with Gasteiger partial charge in [-0.25, -0.2) is 0 Å². The van der Waals surface area contributed by atoms with E-state index in [1.54, 1.807) is 24.3 Å². The number of benzene rings is 3. The minimum atomic E-state index is -1.30. The summed E-state index contributed by atoms with van der Waals surface area (Å²) in [7, 11) is 0. The van der Waals surface area contributed by atoms with E-state index >= 15 is 0 Å². The largest absolute Gasteiger partial charge is 0.366 e. The molecule has 4 rings (SSSR count). The molecule has 0 bridgehead atoms. The molecule has 1 unspecified atom stereocenters. The van der Waals surface area contributed by atoms with Gasteiger partial charge in [0.25, 0.3) is 23.4 Å².